The van der Waals surface area contributed by atoms with Crippen molar-refractivity contribution >= 4 is 0 Å². The predicted molar refractivity (Wildman–Crippen MR) is 64.5 cm³/mol. The van der Waals surface area contributed by atoms with Crippen LogP contribution in [0.3, 0.4) is 0 Å². The molecule has 2 nitrogen and oxygen atoms in total. The van der Waals surface area contributed by atoms with E-state index >= 15 is 0 Å². The summed E-state index contributed by atoms with van der Waals surface area (Å²) in [6.45, 7) is 2.16. The van der Waals surface area contributed by atoms with E-state index in [1.807, 2.05) is 36.5 Å². The van der Waals surface area contributed by atoms with Gasteiger partial charge in [0.2, 0.25) is 0 Å². The lowest BCUT2D eigenvalue weighted by Gasteiger charge is -2.10. The fraction of sp³-hybridized carbons (Fsp3) is 0.214. The molecule has 0 saturated heterocycles. The molecule has 1 heterocycles. The predicted octanol–water partition coefficient (Wildman–Crippen LogP) is 3.13. The largest absolute Gasteiger partial charge is 0.508 e. The van der Waals surface area contributed by atoms with Crippen LogP contribution in [0.2, 0.25) is 0 Å². The Morgan fingerprint density at radius 3 is 2.50 bits per heavy atom. The average molecular weight is 213 g/mol. The van der Waals surface area contributed by atoms with Crippen molar-refractivity contribution in [2.24, 2.45) is 0 Å². The van der Waals surface area contributed by atoms with E-state index < -0.39 is 0 Å². The number of hydrogen-bond donors (Lipinski definition) is 1. The summed E-state index contributed by atoms with van der Waals surface area (Å²) in [7, 11) is 0. The van der Waals surface area contributed by atoms with E-state index in [1.165, 1.54) is 5.56 Å². The maximum atomic E-state index is 9.20. The number of hydrogen-bond acceptors (Lipinski definition) is 2. The fourth-order valence-corrected chi connectivity index (χ4v) is 1.76. The van der Waals surface area contributed by atoms with Gasteiger partial charge < -0.3 is 5.11 Å². The number of aromatic nitrogens is 1. The van der Waals surface area contributed by atoms with Crippen LogP contribution in [0.4, 0.5) is 0 Å². The number of pyridine rings is 1. The second kappa shape index (κ2) is 4.79. The Labute approximate surface area is 95.6 Å². The first-order valence-electron chi connectivity index (χ1n) is 5.44. The van der Waals surface area contributed by atoms with Crippen molar-refractivity contribution in [2.75, 3.05) is 0 Å². The molecule has 2 aromatic rings. The lowest BCUT2D eigenvalue weighted by atomic mass is 9.97. The molecule has 0 fully saturated rings. The molecule has 82 valence electrons. The zero-order valence-electron chi connectivity index (χ0n) is 9.30. The van der Waals surface area contributed by atoms with Crippen molar-refractivity contribution in [1.82, 2.24) is 4.98 Å². The molecule has 1 aromatic carbocycles. The van der Waals surface area contributed by atoms with Crippen LogP contribution in [0.25, 0.3) is 0 Å². The monoisotopic (exact) mass is 213 g/mol. The molecule has 2 rings (SSSR count). The lowest BCUT2D eigenvalue weighted by molar-refractivity contribution is 0.475. The Hall–Kier alpha value is -1.83. The van der Waals surface area contributed by atoms with Crippen molar-refractivity contribution in [3.8, 4) is 5.75 Å². The third-order valence-corrected chi connectivity index (χ3v) is 2.67. The summed E-state index contributed by atoms with van der Waals surface area (Å²) in [5.41, 5.74) is 2.33. The highest BCUT2D eigenvalue weighted by molar-refractivity contribution is 5.27. The fourth-order valence-electron chi connectivity index (χ4n) is 1.76. The van der Waals surface area contributed by atoms with Crippen LogP contribution in [0.5, 0.6) is 5.75 Å². The number of rotatable bonds is 3. The van der Waals surface area contributed by atoms with Crippen molar-refractivity contribution < 1.29 is 5.11 Å². The third kappa shape index (κ3) is 2.60. The van der Waals surface area contributed by atoms with Gasteiger partial charge in [-0.15, -0.1) is 0 Å². The van der Waals surface area contributed by atoms with Crippen LogP contribution < -0.4 is 0 Å². The van der Waals surface area contributed by atoms with Gasteiger partial charge in [0, 0.05) is 17.8 Å². The highest BCUT2D eigenvalue weighted by Crippen LogP contribution is 2.19. The zero-order chi connectivity index (χ0) is 11.4. The smallest absolute Gasteiger partial charge is 0.115 e. The minimum atomic E-state index is 0.314. The molecule has 0 saturated carbocycles. The molecule has 1 unspecified atom stereocenters. The molecule has 2 heteroatoms. The number of aromatic hydroxyl groups is 1. The zero-order valence-corrected chi connectivity index (χ0v) is 9.30. The summed E-state index contributed by atoms with van der Waals surface area (Å²) < 4.78 is 0. The summed E-state index contributed by atoms with van der Waals surface area (Å²) in [4.78, 5) is 4.34. The van der Waals surface area contributed by atoms with Gasteiger partial charge in [-0.1, -0.05) is 25.1 Å². The highest BCUT2D eigenvalue weighted by Gasteiger charge is 2.07. The summed E-state index contributed by atoms with van der Waals surface area (Å²) >= 11 is 0. The van der Waals surface area contributed by atoms with Crippen molar-refractivity contribution in [2.45, 2.75) is 19.3 Å². The summed E-state index contributed by atoms with van der Waals surface area (Å²) in [6, 6.07) is 13.3. The molecular formula is C14H15NO. The van der Waals surface area contributed by atoms with Gasteiger partial charge in [-0.3, -0.25) is 4.98 Å². The lowest BCUT2D eigenvalue weighted by Crippen LogP contribution is -2.00. The number of benzene rings is 1. The molecule has 1 N–H and O–H groups in total. The van der Waals surface area contributed by atoms with E-state index in [0.717, 1.165) is 12.1 Å². The van der Waals surface area contributed by atoms with Gasteiger partial charge in [0.05, 0.1) is 0 Å². The molecule has 0 bridgehead atoms. The van der Waals surface area contributed by atoms with Gasteiger partial charge in [-0.05, 0) is 36.2 Å². The number of phenols is 1. The van der Waals surface area contributed by atoms with E-state index in [1.54, 1.807) is 12.1 Å². The Kier molecular flexibility index (Phi) is 3.20. The standard InChI is InChI=1S/C14H15NO/c1-11(14-4-2-3-9-15-14)10-12-5-7-13(16)8-6-12/h2-9,11,16H,10H2,1H3. The Morgan fingerprint density at radius 2 is 1.88 bits per heavy atom. The first-order chi connectivity index (χ1) is 7.75. The SMILES string of the molecule is CC(Cc1ccc(O)cc1)c1ccccn1. The second-order valence-electron chi connectivity index (χ2n) is 4.03. The molecule has 0 amide bonds. The van der Waals surface area contributed by atoms with Gasteiger partial charge in [-0.2, -0.15) is 0 Å². The van der Waals surface area contributed by atoms with Crippen molar-refractivity contribution in [3.05, 3.63) is 59.9 Å². The van der Waals surface area contributed by atoms with Crippen LogP contribution in [0.15, 0.2) is 48.7 Å². The van der Waals surface area contributed by atoms with Crippen molar-refractivity contribution in [3.63, 3.8) is 0 Å². The minimum Gasteiger partial charge on any atom is -0.508 e. The van der Waals surface area contributed by atoms with Crippen LogP contribution in [0.1, 0.15) is 24.1 Å². The second-order valence-corrected chi connectivity index (χ2v) is 4.03. The van der Waals surface area contributed by atoms with Crippen LogP contribution >= 0.6 is 0 Å². The topological polar surface area (TPSA) is 33.1 Å². The van der Waals surface area contributed by atoms with Gasteiger partial charge >= 0.3 is 0 Å². The molecule has 0 aliphatic rings. The van der Waals surface area contributed by atoms with E-state index in [4.69, 9.17) is 0 Å². The van der Waals surface area contributed by atoms with E-state index in [9.17, 15) is 5.11 Å². The van der Waals surface area contributed by atoms with Crippen molar-refractivity contribution in [1.29, 1.82) is 0 Å². The van der Waals surface area contributed by atoms with Crippen LogP contribution in [-0.4, -0.2) is 10.1 Å². The Bertz CT molecular complexity index is 436. The molecule has 1 atom stereocenters. The number of phenolic OH excluding ortho intramolecular Hbond substituents is 1. The quantitative estimate of drug-likeness (QED) is 0.849. The van der Waals surface area contributed by atoms with E-state index in [0.29, 0.717) is 11.7 Å². The summed E-state index contributed by atoms with van der Waals surface area (Å²) in [6.07, 6.45) is 2.76. The molecule has 0 radical (unpaired) electrons. The highest BCUT2D eigenvalue weighted by atomic mass is 16.3. The van der Waals surface area contributed by atoms with Crippen LogP contribution in [0, 0.1) is 0 Å². The van der Waals surface area contributed by atoms with Gasteiger partial charge in [0.15, 0.2) is 0 Å². The molecule has 0 aliphatic carbocycles. The summed E-state index contributed by atoms with van der Waals surface area (Å²) in [5, 5.41) is 9.20. The molecule has 1 aromatic heterocycles. The van der Waals surface area contributed by atoms with Gasteiger partial charge in [0.25, 0.3) is 0 Å². The molecule has 0 spiro atoms. The van der Waals surface area contributed by atoms with Gasteiger partial charge in [-0.25, -0.2) is 0 Å². The maximum Gasteiger partial charge on any atom is 0.115 e. The van der Waals surface area contributed by atoms with E-state index in [2.05, 4.69) is 11.9 Å². The Morgan fingerprint density at radius 1 is 1.12 bits per heavy atom. The first-order valence-corrected chi connectivity index (χ1v) is 5.44. The maximum absolute atomic E-state index is 9.20. The Balaban J connectivity index is 2.08. The normalized spacial score (nSPS) is 12.3. The summed E-state index contributed by atoms with van der Waals surface area (Å²) in [5.74, 6) is 0.708. The molecule has 0 aliphatic heterocycles. The van der Waals surface area contributed by atoms with E-state index in [-0.39, 0.29) is 0 Å². The molecular weight excluding hydrogens is 198 g/mol. The molecule has 16 heavy (non-hydrogen) atoms. The third-order valence-electron chi connectivity index (χ3n) is 2.67. The van der Waals surface area contributed by atoms with Crippen LogP contribution in [-0.2, 0) is 6.42 Å². The first kappa shape index (κ1) is 10.7. The van der Waals surface area contributed by atoms with Gasteiger partial charge in [0.1, 0.15) is 5.75 Å². The average Bonchev–Trinajstić information content (AvgIpc) is 2.33. The minimum absolute atomic E-state index is 0.314. The number of nitrogens with zero attached hydrogens (tertiary/aromatic N) is 1.